The summed E-state index contributed by atoms with van der Waals surface area (Å²) in [5.41, 5.74) is 1.70. The second-order valence-electron chi connectivity index (χ2n) is 6.69. The summed E-state index contributed by atoms with van der Waals surface area (Å²) < 4.78 is 10.9. The largest absolute Gasteiger partial charge is 0.441 e. The highest BCUT2D eigenvalue weighted by molar-refractivity contribution is 6.43. The van der Waals surface area contributed by atoms with Crippen LogP contribution >= 0.6 is 46.4 Å². The molecule has 0 aliphatic rings. The second kappa shape index (κ2) is 11.8. The van der Waals surface area contributed by atoms with E-state index in [1.807, 2.05) is 13.8 Å². The van der Waals surface area contributed by atoms with Gasteiger partial charge in [-0.1, -0.05) is 60.3 Å². The number of aliphatic hydroxyl groups excluding tert-OH is 1. The fourth-order valence-electron chi connectivity index (χ4n) is 2.79. The molecule has 0 aliphatic heterocycles. The first-order valence-electron chi connectivity index (χ1n) is 9.97. The van der Waals surface area contributed by atoms with Gasteiger partial charge in [0.25, 0.3) is 0 Å². The number of carbonyl (C=O) groups excluding carboxylic acids is 1. The van der Waals surface area contributed by atoms with Crippen LogP contribution in [0.25, 0.3) is 22.9 Å². The number of aldehydes is 1. The van der Waals surface area contributed by atoms with E-state index in [0.29, 0.717) is 34.8 Å². The molecule has 0 atom stereocenters. The van der Waals surface area contributed by atoms with Crippen molar-refractivity contribution in [3.05, 3.63) is 67.8 Å². The SMILES string of the molecule is CCc1cnc(-c2cnc(Cl)c(Cl)c2C=O)o1.CCc1cnc(-c2cnc(Cl)c(Cl)c2CO)o1. The van der Waals surface area contributed by atoms with Gasteiger partial charge >= 0.3 is 0 Å². The molecule has 0 saturated carbocycles. The van der Waals surface area contributed by atoms with Gasteiger partial charge in [0, 0.05) is 30.8 Å². The molecule has 0 spiro atoms. The number of hydrogen-bond acceptors (Lipinski definition) is 8. The van der Waals surface area contributed by atoms with Gasteiger partial charge in [0.05, 0.1) is 45.7 Å². The smallest absolute Gasteiger partial charge is 0.228 e. The van der Waals surface area contributed by atoms with Crippen molar-refractivity contribution in [2.24, 2.45) is 0 Å². The van der Waals surface area contributed by atoms with E-state index < -0.39 is 0 Å². The molecule has 0 amide bonds. The van der Waals surface area contributed by atoms with Gasteiger partial charge in [-0.2, -0.15) is 0 Å². The minimum atomic E-state index is -0.250. The standard InChI is InChI=1S/C11H10Cl2N2O2.C11H8Cl2N2O2/c2*1-2-6-3-15-11(17-6)7-4-14-10(13)9(12)8(7)5-16/h3-4,16H,2,5H2,1H3;3-5H,2H2,1H3. The van der Waals surface area contributed by atoms with E-state index in [-0.39, 0.29) is 32.5 Å². The van der Waals surface area contributed by atoms with Crippen LogP contribution in [0, 0.1) is 0 Å². The number of nitrogens with zero attached hydrogens (tertiary/aromatic N) is 4. The highest BCUT2D eigenvalue weighted by Crippen LogP contribution is 2.33. The van der Waals surface area contributed by atoms with Crippen molar-refractivity contribution in [3.63, 3.8) is 0 Å². The van der Waals surface area contributed by atoms with Gasteiger partial charge in [0.15, 0.2) is 6.29 Å². The molecule has 0 fully saturated rings. The van der Waals surface area contributed by atoms with Crippen LogP contribution in [0.2, 0.25) is 20.4 Å². The monoisotopic (exact) mass is 542 g/mol. The average Bonchev–Trinajstić information content (AvgIpc) is 3.52. The quantitative estimate of drug-likeness (QED) is 0.216. The number of aliphatic hydroxyl groups is 1. The lowest BCUT2D eigenvalue weighted by atomic mass is 10.1. The highest BCUT2D eigenvalue weighted by atomic mass is 35.5. The average molecular weight is 544 g/mol. The molecule has 0 bridgehead atoms. The predicted octanol–water partition coefficient (Wildman–Crippen LogP) is 6.52. The Hall–Kier alpha value is -2.49. The van der Waals surface area contributed by atoms with Crippen LogP contribution in [0.15, 0.2) is 33.6 Å². The van der Waals surface area contributed by atoms with E-state index in [4.69, 9.17) is 55.2 Å². The van der Waals surface area contributed by atoms with Crippen molar-refractivity contribution in [1.29, 1.82) is 0 Å². The summed E-state index contributed by atoms with van der Waals surface area (Å²) in [7, 11) is 0. The maximum atomic E-state index is 11.0. The number of aromatic nitrogens is 4. The van der Waals surface area contributed by atoms with Crippen LogP contribution in [0.1, 0.15) is 41.3 Å². The number of pyridine rings is 2. The number of carbonyl (C=O) groups is 1. The Morgan fingerprint density at radius 2 is 1.29 bits per heavy atom. The van der Waals surface area contributed by atoms with Crippen molar-refractivity contribution in [1.82, 2.24) is 19.9 Å². The van der Waals surface area contributed by atoms with E-state index >= 15 is 0 Å². The molecule has 0 unspecified atom stereocenters. The molecule has 4 aromatic rings. The molecular formula is C22H18Cl4N4O4. The van der Waals surface area contributed by atoms with Gasteiger partial charge in [-0.3, -0.25) is 4.79 Å². The lowest BCUT2D eigenvalue weighted by Gasteiger charge is -2.06. The van der Waals surface area contributed by atoms with Crippen molar-refractivity contribution in [2.45, 2.75) is 33.3 Å². The van der Waals surface area contributed by atoms with Crippen molar-refractivity contribution >= 4 is 52.7 Å². The van der Waals surface area contributed by atoms with Gasteiger partial charge < -0.3 is 13.9 Å². The summed E-state index contributed by atoms with van der Waals surface area (Å²) >= 11 is 23.4. The third kappa shape index (κ3) is 5.59. The maximum Gasteiger partial charge on any atom is 0.228 e. The van der Waals surface area contributed by atoms with E-state index in [0.717, 1.165) is 24.4 Å². The number of oxazole rings is 2. The molecule has 178 valence electrons. The normalized spacial score (nSPS) is 10.7. The second-order valence-corrected chi connectivity index (χ2v) is 8.16. The molecule has 4 heterocycles. The number of rotatable bonds is 6. The first kappa shape index (κ1) is 26.1. The Balaban J connectivity index is 0.000000191. The molecule has 0 radical (unpaired) electrons. The van der Waals surface area contributed by atoms with Crippen molar-refractivity contribution in [3.8, 4) is 22.9 Å². The van der Waals surface area contributed by atoms with Crippen molar-refractivity contribution < 1.29 is 18.7 Å². The number of aryl methyl sites for hydroxylation is 2. The van der Waals surface area contributed by atoms with Gasteiger partial charge in [-0.25, -0.2) is 19.9 Å². The Morgan fingerprint density at radius 3 is 1.76 bits per heavy atom. The summed E-state index contributed by atoms with van der Waals surface area (Å²) in [4.78, 5) is 27.0. The zero-order valence-electron chi connectivity index (χ0n) is 18.0. The summed E-state index contributed by atoms with van der Waals surface area (Å²) in [5, 5.41) is 9.88. The van der Waals surface area contributed by atoms with E-state index in [1.165, 1.54) is 12.4 Å². The summed E-state index contributed by atoms with van der Waals surface area (Å²) in [6.07, 6.45) is 8.23. The van der Waals surface area contributed by atoms with Crippen LogP contribution in [0.3, 0.4) is 0 Å². The molecule has 4 rings (SSSR count). The van der Waals surface area contributed by atoms with Gasteiger partial charge in [-0.05, 0) is 0 Å². The summed E-state index contributed by atoms with van der Waals surface area (Å²) in [5.74, 6) is 2.19. The van der Waals surface area contributed by atoms with Crippen LogP contribution in [-0.4, -0.2) is 31.3 Å². The number of hydrogen-bond donors (Lipinski definition) is 1. The third-order valence-electron chi connectivity index (χ3n) is 4.63. The first-order chi connectivity index (χ1) is 16.3. The Labute approximate surface area is 214 Å². The van der Waals surface area contributed by atoms with E-state index in [1.54, 1.807) is 12.4 Å². The predicted molar refractivity (Wildman–Crippen MR) is 130 cm³/mol. The number of halogens is 4. The fourth-order valence-corrected chi connectivity index (χ4v) is 3.51. The minimum Gasteiger partial charge on any atom is -0.441 e. The zero-order chi connectivity index (χ0) is 24.8. The lowest BCUT2D eigenvalue weighted by molar-refractivity contribution is 0.112. The van der Waals surface area contributed by atoms with Gasteiger partial charge in [0.1, 0.15) is 21.8 Å². The van der Waals surface area contributed by atoms with Crippen molar-refractivity contribution in [2.75, 3.05) is 0 Å². The molecule has 34 heavy (non-hydrogen) atoms. The maximum absolute atomic E-state index is 11.0. The minimum absolute atomic E-state index is 0.0831. The molecule has 12 heteroatoms. The first-order valence-corrected chi connectivity index (χ1v) is 11.5. The molecule has 8 nitrogen and oxygen atoms in total. The van der Waals surface area contributed by atoms with Crippen LogP contribution in [0.4, 0.5) is 0 Å². The Kier molecular flexibility index (Phi) is 9.04. The molecule has 0 saturated heterocycles. The third-order valence-corrected chi connectivity index (χ3v) is 6.19. The zero-order valence-corrected chi connectivity index (χ0v) is 21.0. The Bertz CT molecular complexity index is 1310. The van der Waals surface area contributed by atoms with E-state index in [9.17, 15) is 9.90 Å². The molecule has 1 N–H and O–H groups in total. The Morgan fingerprint density at radius 1 is 0.794 bits per heavy atom. The van der Waals surface area contributed by atoms with E-state index in [2.05, 4.69) is 19.9 Å². The van der Waals surface area contributed by atoms with Crippen LogP contribution in [-0.2, 0) is 19.4 Å². The van der Waals surface area contributed by atoms with Crippen LogP contribution < -0.4 is 0 Å². The summed E-state index contributed by atoms with van der Waals surface area (Å²) in [6.45, 7) is 3.66. The molecule has 0 aromatic carbocycles. The lowest BCUT2D eigenvalue weighted by Crippen LogP contribution is -1.94. The topological polar surface area (TPSA) is 115 Å². The highest BCUT2D eigenvalue weighted by Gasteiger charge is 2.17. The molecular weight excluding hydrogens is 526 g/mol. The van der Waals surface area contributed by atoms with Gasteiger partial charge in [-0.15, -0.1) is 0 Å². The summed E-state index contributed by atoms with van der Waals surface area (Å²) in [6, 6.07) is 0. The fraction of sp³-hybridized carbons (Fsp3) is 0.227. The van der Waals surface area contributed by atoms with Gasteiger partial charge in [0.2, 0.25) is 11.8 Å². The molecule has 0 aliphatic carbocycles. The molecule has 4 aromatic heterocycles. The van der Waals surface area contributed by atoms with Crippen LogP contribution in [0.5, 0.6) is 0 Å².